The van der Waals surface area contributed by atoms with Gasteiger partial charge in [-0.05, 0) is 30.7 Å². The summed E-state index contributed by atoms with van der Waals surface area (Å²) in [4.78, 5) is 0. The summed E-state index contributed by atoms with van der Waals surface area (Å²) in [7, 11) is 0. The second-order valence-corrected chi connectivity index (χ2v) is 5.71. The first kappa shape index (κ1) is 13.1. The van der Waals surface area contributed by atoms with Gasteiger partial charge < -0.3 is 0 Å². The van der Waals surface area contributed by atoms with Gasteiger partial charge in [0.05, 0.1) is 0 Å². The number of rotatable bonds is 3. The van der Waals surface area contributed by atoms with Crippen molar-refractivity contribution < 1.29 is 0 Å². The molecule has 2 aliphatic heterocycles. The first-order chi connectivity index (χ1) is 9.42. The Balaban J connectivity index is 1.46. The molecule has 2 saturated heterocycles. The van der Waals surface area contributed by atoms with Crippen LogP contribution in [0.4, 0.5) is 0 Å². The summed E-state index contributed by atoms with van der Waals surface area (Å²) >= 11 is 0. The van der Waals surface area contributed by atoms with Crippen molar-refractivity contribution in [2.24, 2.45) is 5.92 Å². The summed E-state index contributed by atoms with van der Waals surface area (Å²) in [6.45, 7) is 6.76. The SMILES string of the molecule is c1ccc(CC2CCN(N3CC[N]CC3)CC2)cc1. The molecule has 2 heterocycles. The monoisotopic (exact) mass is 258 g/mol. The van der Waals surface area contributed by atoms with Gasteiger partial charge in [0.15, 0.2) is 0 Å². The second-order valence-electron chi connectivity index (χ2n) is 5.71. The molecule has 0 amide bonds. The molecule has 0 aliphatic carbocycles. The molecule has 2 aliphatic rings. The van der Waals surface area contributed by atoms with E-state index in [2.05, 4.69) is 45.7 Å². The molecule has 0 bridgehead atoms. The maximum Gasteiger partial charge on any atom is 0.0275 e. The molecule has 0 atom stereocenters. The molecule has 19 heavy (non-hydrogen) atoms. The predicted octanol–water partition coefficient (Wildman–Crippen LogP) is 1.78. The molecular weight excluding hydrogens is 234 g/mol. The van der Waals surface area contributed by atoms with Crippen molar-refractivity contribution in [3.8, 4) is 0 Å². The largest absolute Gasteiger partial charge is 0.242 e. The maximum atomic E-state index is 4.42. The van der Waals surface area contributed by atoms with Crippen molar-refractivity contribution >= 4 is 0 Å². The first-order valence-corrected chi connectivity index (χ1v) is 7.59. The molecule has 3 heteroatoms. The zero-order valence-electron chi connectivity index (χ0n) is 11.7. The number of hydrogen-bond donors (Lipinski definition) is 0. The lowest BCUT2D eigenvalue weighted by molar-refractivity contribution is -0.0568. The van der Waals surface area contributed by atoms with Crippen LogP contribution in [0.1, 0.15) is 18.4 Å². The van der Waals surface area contributed by atoms with Crippen molar-refractivity contribution in [3.05, 3.63) is 35.9 Å². The summed E-state index contributed by atoms with van der Waals surface area (Å²) in [5, 5.41) is 9.51. The van der Waals surface area contributed by atoms with Crippen LogP contribution in [0.25, 0.3) is 0 Å². The number of hydrazine groups is 1. The Morgan fingerprint density at radius 3 is 2.21 bits per heavy atom. The van der Waals surface area contributed by atoms with E-state index in [4.69, 9.17) is 0 Å². The molecule has 0 saturated carbocycles. The molecule has 1 aromatic carbocycles. The number of piperazine rings is 1. The first-order valence-electron chi connectivity index (χ1n) is 7.59. The summed E-state index contributed by atoms with van der Waals surface area (Å²) < 4.78 is 0. The topological polar surface area (TPSA) is 20.6 Å². The minimum atomic E-state index is 0.869. The lowest BCUT2D eigenvalue weighted by Crippen LogP contribution is -2.53. The number of benzene rings is 1. The Morgan fingerprint density at radius 2 is 1.53 bits per heavy atom. The van der Waals surface area contributed by atoms with E-state index in [1.807, 2.05) is 0 Å². The summed E-state index contributed by atoms with van der Waals surface area (Å²) in [5.41, 5.74) is 1.50. The lowest BCUT2D eigenvalue weighted by atomic mass is 9.91. The third-order valence-electron chi connectivity index (χ3n) is 4.39. The standard InChI is InChI=1S/C16H24N3/c1-2-4-15(5-3-1)14-16-6-10-18(11-7-16)19-12-8-17-9-13-19/h1-5,16H,6-14H2. The van der Waals surface area contributed by atoms with Gasteiger partial charge in [-0.1, -0.05) is 30.3 Å². The van der Waals surface area contributed by atoms with Gasteiger partial charge in [-0.25, -0.2) is 15.3 Å². The summed E-state index contributed by atoms with van der Waals surface area (Å²) in [5.74, 6) is 0.869. The lowest BCUT2D eigenvalue weighted by Gasteiger charge is -2.41. The van der Waals surface area contributed by atoms with E-state index in [1.165, 1.54) is 37.9 Å². The van der Waals surface area contributed by atoms with Crippen LogP contribution in [0.2, 0.25) is 0 Å². The van der Waals surface area contributed by atoms with E-state index in [0.29, 0.717) is 0 Å². The van der Waals surface area contributed by atoms with Crippen LogP contribution in [0.3, 0.4) is 0 Å². The Labute approximate surface area is 116 Å². The van der Waals surface area contributed by atoms with E-state index in [0.717, 1.165) is 32.1 Å². The van der Waals surface area contributed by atoms with Crippen molar-refractivity contribution in [3.63, 3.8) is 0 Å². The van der Waals surface area contributed by atoms with Crippen LogP contribution in [-0.2, 0) is 6.42 Å². The van der Waals surface area contributed by atoms with Gasteiger partial charge in [-0.3, -0.25) is 0 Å². The Bertz CT molecular complexity index is 365. The van der Waals surface area contributed by atoms with E-state index >= 15 is 0 Å². The van der Waals surface area contributed by atoms with Gasteiger partial charge in [-0.15, -0.1) is 0 Å². The summed E-state index contributed by atoms with van der Waals surface area (Å²) in [6.07, 6.45) is 3.93. The quantitative estimate of drug-likeness (QED) is 0.824. The number of piperidine rings is 1. The molecule has 0 aromatic heterocycles. The highest BCUT2D eigenvalue weighted by atomic mass is 15.6. The number of hydrogen-bond acceptors (Lipinski definition) is 2. The average Bonchev–Trinajstić information content (AvgIpc) is 2.50. The van der Waals surface area contributed by atoms with Gasteiger partial charge in [0.2, 0.25) is 0 Å². The van der Waals surface area contributed by atoms with Crippen molar-refractivity contribution in [1.29, 1.82) is 0 Å². The highest BCUT2D eigenvalue weighted by Crippen LogP contribution is 2.22. The normalized spacial score (nSPS) is 23.6. The summed E-state index contributed by atoms with van der Waals surface area (Å²) in [6, 6.07) is 10.9. The van der Waals surface area contributed by atoms with Crippen LogP contribution in [0, 0.1) is 5.92 Å². The van der Waals surface area contributed by atoms with Crippen LogP contribution >= 0.6 is 0 Å². The highest BCUT2D eigenvalue weighted by molar-refractivity contribution is 5.15. The smallest absolute Gasteiger partial charge is 0.0275 e. The molecule has 2 fully saturated rings. The van der Waals surface area contributed by atoms with E-state index in [9.17, 15) is 0 Å². The molecule has 0 spiro atoms. The molecule has 3 nitrogen and oxygen atoms in total. The van der Waals surface area contributed by atoms with Crippen LogP contribution in [-0.4, -0.2) is 49.3 Å². The average molecular weight is 258 g/mol. The molecule has 1 aromatic rings. The third kappa shape index (κ3) is 3.56. The van der Waals surface area contributed by atoms with E-state index < -0.39 is 0 Å². The van der Waals surface area contributed by atoms with Gasteiger partial charge in [0.25, 0.3) is 0 Å². The fraction of sp³-hybridized carbons (Fsp3) is 0.625. The molecular formula is C16H24N3. The van der Waals surface area contributed by atoms with Gasteiger partial charge in [0.1, 0.15) is 0 Å². The second kappa shape index (κ2) is 6.51. The van der Waals surface area contributed by atoms with Gasteiger partial charge in [0, 0.05) is 39.3 Å². The Morgan fingerprint density at radius 1 is 0.895 bits per heavy atom. The third-order valence-corrected chi connectivity index (χ3v) is 4.39. The van der Waals surface area contributed by atoms with Crippen LogP contribution < -0.4 is 5.32 Å². The van der Waals surface area contributed by atoms with Crippen LogP contribution in [0.5, 0.6) is 0 Å². The fourth-order valence-electron chi connectivity index (χ4n) is 3.23. The zero-order chi connectivity index (χ0) is 12.9. The molecule has 1 radical (unpaired) electrons. The molecule has 0 unspecified atom stereocenters. The van der Waals surface area contributed by atoms with E-state index in [1.54, 1.807) is 0 Å². The molecule has 0 N–H and O–H groups in total. The minimum Gasteiger partial charge on any atom is -0.242 e. The Kier molecular flexibility index (Phi) is 4.49. The molecule has 103 valence electrons. The van der Waals surface area contributed by atoms with Crippen molar-refractivity contribution in [1.82, 2.24) is 15.3 Å². The van der Waals surface area contributed by atoms with Crippen molar-refractivity contribution in [2.75, 3.05) is 39.3 Å². The van der Waals surface area contributed by atoms with Gasteiger partial charge in [-0.2, -0.15) is 0 Å². The minimum absolute atomic E-state index is 0.869. The van der Waals surface area contributed by atoms with Crippen molar-refractivity contribution in [2.45, 2.75) is 19.3 Å². The zero-order valence-corrected chi connectivity index (χ0v) is 11.7. The van der Waals surface area contributed by atoms with E-state index in [-0.39, 0.29) is 0 Å². The predicted molar refractivity (Wildman–Crippen MR) is 77.9 cm³/mol. The Hall–Kier alpha value is -0.900. The maximum absolute atomic E-state index is 4.42. The van der Waals surface area contributed by atoms with Crippen LogP contribution in [0.15, 0.2) is 30.3 Å². The highest BCUT2D eigenvalue weighted by Gasteiger charge is 2.24. The van der Waals surface area contributed by atoms with Gasteiger partial charge >= 0.3 is 0 Å². The fourth-order valence-corrected chi connectivity index (χ4v) is 3.23. The molecule has 3 rings (SSSR count). The number of nitrogens with zero attached hydrogens (tertiary/aromatic N) is 3.